The highest BCUT2D eigenvalue weighted by molar-refractivity contribution is 6.07. The quantitative estimate of drug-likeness (QED) is 0.356. The first-order valence-corrected chi connectivity index (χ1v) is 9.65. The van der Waals surface area contributed by atoms with E-state index in [1.54, 1.807) is 6.92 Å². The number of benzene rings is 1. The van der Waals surface area contributed by atoms with Gasteiger partial charge in [0.25, 0.3) is 0 Å². The highest BCUT2D eigenvalue weighted by Crippen LogP contribution is 2.30. The van der Waals surface area contributed by atoms with Crippen molar-refractivity contribution < 1.29 is 23.9 Å². The predicted octanol–water partition coefficient (Wildman–Crippen LogP) is 3.30. The Morgan fingerprint density at radius 3 is 2.52 bits per heavy atom. The summed E-state index contributed by atoms with van der Waals surface area (Å²) >= 11 is 0. The summed E-state index contributed by atoms with van der Waals surface area (Å²) in [6.45, 7) is 6.67. The first-order valence-electron chi connectivity index (χ1n) is 9.65. The predicted molar refractivity (Wildman–Crippen MR) is 101 cm³/mol. The molecule has 27 heavy (non-hydrogen) atoms. The molecule has 1 aliphatic rings. The van der Waals surface area contributed by atoms with Crippen LogP contribution in [0.3, 0.4) is 0 Å². The Balaban J connectivity index is 1.88. The number of rotatable bonds is 10. The van der Waals surface area contributed by atoms with Crippen molar-refractivity contribution in [3.05, 3.63) is 29.8 Å². The van der Waals surface area contributed by atoms with Crippen molar-refractivity contribution >= 4 is 17.8 Å². The molecule has 148 valence electrons. The molecule has 1 aliphatic heterocycles. The van der Waals surface area contributed by atoms with E-state index in [-0.39, 0.29) is 31.4 Å². The SMILES string of the molecule is CCOC(=O)CN1C(=O)CC(c2ccc(OCCCCC(C)C)cc2)C1=O. The molecule has 1 aromatic rings. The number of nitrogens with zero attached hydrogens (tertiary/aromatic N) is 1. The topological polar surface area (TPSA) is 72.9 Å². The van der Waals surface area contributed by atoms with Crippen LogP contribution in [0, 0.1) is 5.92 Å². The number of unbranched alkanes of at least 4 members (excludes halogenated alkanes) is 1. The maximum absolute atomic E-state index is 12.5. The number of esters is 1. The van der Waals surface area contributed by atoms with Crippen LogP contribution < -0.4 is 4.74 Å². The van der Waals surface area contributed by atoms with Gasteiger partial charge in [-0.1, -0.05) is 32.4 Å². The second-order valence-electron chi connectivity index (χ2n) is 7.19. The second-order valence-corrected chi connectivity index (χ2v) is 7.19. The Bertz CT molecular complexity index is 653. The molecule has 0 saturated carbocycles. The third kappa shape index (κ3) is 6.08. The summed E-state index contributed by atoms with van der Waals surface area (Å²) in [4.78, 5) is 37.2. The summed E-state index contributed by atoms with van der Waals surface area (Å²) in [7, 11) is 0. The third-order valence-corrected chi connectivity index (χ3v) is 4.56. The van der Waals surface area contributed by atoms with Gasteiger partial charge in [0.1, 0.15) is 12.3 Å². The van der Waals surface area contributed by atoms with E-state index in [2.05, 4.69) is 13.8 Å². The summed E-state index contributed by atoms with van der Waals surface area (Å²) in [5.41, 5.74) is 0.756. The van der Waals surface area contributed by atoms with E-state index in [1.807, 2.05) is 24.3 Å². The van der Waals surface area contributed by atoms with E-state index in [0.717, 1.165) is 29.1 Å². The molecule has 1 fully saturated rings. The molecule has 1 atom stereocenters. The molecular weight excluding hydrogens is 346 g/mol. The van der Waals surface area contributed by atoms with Crippen LogP contribution in [0.4, 0.5) is 0 Å². The Kier molecular flexibility index (Phi) is 7.82. The van der Waals surface area contributed by atoms with Crippen LogP contribution in [0.1, 0.15) is 57.9 Å². The summed E-state index contributed by atoms with van der Waals surface area (Å²) in [5, 5.41) is 0. The average Bonchev–Trinajstić information content (AvgIpc) is 2.90. The van der Waals surface area contributed by atoms with Gasteiger partial charge in [0.05, 0.1) is 19.1 Å². The first-order chi connectivity index (χ1) is 12.9. The fraction of sp³-hybridized carbons (Fsp3) is 0.571. The van der Waals surface area contributed by atoms with Gasteiger partial charge in [0, 0.05) is 6.42 Å². The molecule has 1 saturated heterocycles. The first kappa shape index (κ1) is 20.9. The van der Waals surface area contributed by atoms with Gasteiger partial charge in [0.15, 0.2) is 0 Å². The number of imide groups is 1. The average molecular weight is 375 g/mol. The van der Waals surface area contributed by atoms with Crippen molar-refractivity contribution in [1.29, 1.82) is 0 Å². The lowest BCUT2D eigenvalue weighted by Crippen LogP contribution is -2.36. The molecule has 2 rings (SSSR count). The van der Waals surface area contributed by atoms with Gasteiger partial charge in [-0.3, -0.25) is 19.3 Å². The summed E-state index contributed by atoms with van der Waals surface area (Å²) in [5.74, 6) is -0.352. The Morgan fingerprint density at radius 2 is 1.89 bits per heavy atom. The van der Waals surface area contributed by atoms with Gasteiger partial charge in [-0.25, -0.2) is 0 Å². The number of amides is 2. The van der Waals surface area contributed by atoms with Crippen LogP contribution in [-0.2, 0) is 19.1 Å². The molecule has 1 unspecified atom stereocenters. The van der Waals surface area contributed by atoms with Crippen molar-refractivity contribution in [3.8, 4) is 5.75 Å². The summed E-state index contributed by atoms with van der Waals surface area (Å²) in [6, 6.07) is 7.27. The van der Waals surface area contributed by atoms with E-state index in [0.29, 0.717) is 12.5 Å². The lowest BCUT2D eigenvalue weighted by atomic mass is 9.97. The number of carbonyl (C=O) groups is 3. The van der Waals surface area contributed by atoms with Crippen molar-refractivity contribution in [2.24, 2.45) is 5.92 Å². The zero-order valence-electron chi connectivity index (χ0n) is 16.4. The molecule has 0 aliphatic carbocycles. The lowest BCUT2D eigenvalue weighted by molar-refractivity contribution is -0.152. The van der Waals surface area contributed by atoms with E-state index < -0.39 is 11.9 Å². The van der Waals surface area contributed by atoms with Crippen LogP contribution >= 0.6 is 0 Å². The van der Waals surface area contributed by atoms with Gasteiger partial charge in [-0.15, -0.1) is 0 Å². The Morgan fingerprint density at radius 1 is 1.19 bits per heavy atom. The zero-order valence-corrected chi connectivity index (χ0v) is 16.4. The molecule has 0 aromatic heterocycles. The van der Waals surface area contributed by atoms with Crippen LogP contribution in [0.15, 0.2) is 24.3 Å². The fourth-order valence-corrected chi connectivity index (χ4v) is 3.09. The molecule has 1 heterocycles. The number of ether oxygens (including phenoxy) is 2. The van der Waals surface area contributed by atoms with Gasteiger partial charge in [-0.05, 0) is 43.4 Å². The number of hydrogen-bond donors (Lipinski definition) is 0. The molecule has 0 radical (unpaired) electrons. The highest BCUT2D eigenvalue weighted by Gasteiger charge is 2.40. The monoisotopic (exact) mass is 375 g/mol. The minimum Gasteiger partial charge on any atom is -0.494 e. The van der Waals surface area contributed by atoms with Crippen LogP contribution in [0.25, 0.3) is 0 Å². The summed E-state index contributed by atoms with van der Waals surface area (Å²) in [6.07, 6.45) is 3.43. The smallest absolute Gasteiger partial charge is 0.326 e. The molecule has 0 bridgehead atoms. The van der Waals surface area contributed by atoms with Crippen molar-refractivity contribution in [1.82, 2.24) is 4.90 Å². The minimum atomic E-state index is -0.568. The van der Waals surface area contributed by atoms with Crippen molar-refractivity contribution in [2.75, 3.05) is 19.8 Å². The number of likely N-dealkylation sites (tertiary alicyclic amines) is 1. The third-order valence-electron chi connectivity index (χ3n) is 4.56. The van der Waals surface area contributed by atoms with Crippen LogP contribution in [-0.4, -0.2) is 42.4 Å². The number of carbonyl (C=O) groups excluding carboxylic acids is 3. The van der Waals surface area contributed by atoms with E-state index in [1.165, 1.54) is 6.42 Å². The molecule has 2 amide bonds. The fourth-order valence-electron chi connectivity index (χ4n) is 3.09. The van der Waals surface area contributed by atoms with Gasteiger partial charge < -0.3 is 9.47 Å². The molecule has 6 heteroatoms. The molecule has 0 spiro atoms. The molecule has 0 N–H and O–H groups in total. The normalized spacial score (nSPS) is 16.9. The molecular formula is C21H29NO5. The zero-order chi connectivity index (χ0) is 19.8. The van der Waals surface area contributed by atoms with Crippen LogP contribution in [0.5, 0.6) is 5.75 Å². The van der Waals surface area contributed by atoms with Gasteiger partial charge in [0.2, 0.25) is 11.8 Å². The molecule has 6 nitrogen and oxygen atoms in total. The Hall–Kier alpha value is -2.37. The standard InChI is InChI=1S/C21H29NO5/c1-4-26-20(24)14-22-19(23)13-18(21(22)25)16-8-10-17(11-9-16)27-12-6-5-7-15(2)3/h8-11,15,18H,4-7,12-14H2,1-3H3. The van der Waals surface area contributed by atoms with Crippen LogP contribution in [0.2, 0.25) is 0 Å². The van der Waals surface area contributed by atoms with Crippen molar-refractivity contribution in [3.63, 3.8) is 0 Å². The Labute approximate surface area is 160 Å². The largest absolute Gasteiger partial charge is 0.494 e. The van der Waals surface area contributed by atoms with Gasteiger partial charge in [-0.2, -0.15) is 0 Å². The minimum absolute atomic E-state index is 0.0770. The molecule has 1 aromatic carbocycles. The lowest BCUT2D eigenvalue weighted by Gasteiger charge is -2.14. The maximum atomic E-state index is 12.5. The van der Waals surface area contributed by atoms with E-state index in [4.69, 9.17) is 9.47 Å². The van der Waals surface area contributed by atoms with Gasteiger partial charge >= 0.3 is 5.97 Å². The van der Waals surface area contributed by atoms with Crippen molar-refractivity contribution in [2.45, 2.75) is 52.4 Å². The second kappa shape index (κ2) is 10.1. The van der Waals surface area contributed by atoms with E-state index in [9.17, 15) is 14.4 Å². The maximum Gasteiger partial charge on any atom is 0.326 e. The highest BCUT2D eigenvalue weighted by atomic mass is 16.5. The van der Waals surface area contributed by atoms with E-state index >= 15 is 0 Å². The number of hydrogen-bond acceptors (Lipinski definition) is 5. The summed E-state index contributed by atoms with van der Waals surface area (Å²) < 4.78 is 10.6.